The Bertz CT molecular complexity index is 253. The Hall–Kier alpha value is -0.610. The molecule has 1 aliphatic rings. The number of nitrogens with two attached hydrogens (primary N) is 1. The summed E-state index contributed by atoms with van der Waals surface area (Å²) in [5.74, 6) is 0.752. The van der Waals surface area contributed by atoms with Crippen molar-refractivity contribution < 1.29 is 4.79 Å². The largest absolute Gasteiger partial charge is 0.352 e. The van der Waals surface area contributed by atoms with Crippen molar-refractivity contribution in [2.45, 2.75) is 46.1 Å². The molecule has 4 heteroatoms. The van der Waals surface area contributed by atoms with Crippen molar-refractivity contribution in [3.8, 4) is 0 Å². The Balaban J connectivity index is 2.39. The minimum Gasteiger partial charge on any atom is -0.352 e. The molecule has 3 atom stereocenters. The molecule has 18 heavy (non-hydrogen) atoms. The van der Waals surface area contributed by atoms with Crippen molar-refractivity contribution in [1.29, 1.82) is 0 Å². The first-order valence-electron chi connectivity index (χ1n) is 7.35. The lowest BCUT2D eigenvalue weighted by molar-refractivity contribution is -0.126. The smallest absolute Gasteiger partial charge is 0.223 e. The van der Waals surface area contributed by atoms with Crippen LogP contribution < -0.4 is 11.1 Å². The average Bonchev–Trinajstić information content (AvgIpc) is 2.84. The SMILES string of the molecule is CCN(CC)CC(C)NC(=O)[C@@H]1CCC[C@@H]1CN. The number of rotatable bonds is 7. The van der Waals surface area contributed by atoms with Crippen LogP contribution >= 0.6 is 0 Å². The maximum atomic E-state index is 12.2. The number of hydrogen-bond donors (Lipinski definition) is 2. The molecule has 0 spiro atoms. The highest BCUT2D eigenvalue weighted by Crippen LogP contribution is 2.30. The number of likely N-dealkylation sites (N-methyl/N-ethyl adjacent to an activating group) is 1. The van der Waals surface area contributed by atoms with Gasteiger partial charge < -0.3 is 16.0 Å². The van der Waals surface area contributed by atoms with E-state index in [0.717, 1.165) is 38.9 Å². The Labute approximate surface area is 111 Å². The minimum absolute atomic E-state index is 0.147. The molecule has 1 amide bonds. The number of amides is 1. The Morgan fingerprint density at radius 1 is 1.39 bits per heavy atom. The highest BCUT2D eigenvalue weighted by Gasteiger charge is 2.32. The zero-order chi connectivity index (χ0) is 13.5. The van der Waals surface area contributed by atoms with E-state index in [0.29, 0.717) is 12.5 Å². The zero-order valence-corrected chi connectivity index (χ0v) is 12.1. The van der Waals surface area contributed by atoms with Gasteiger partial charge in [0, 0.05) is 18.5 Å². The monoisotopic (exact) mass is 255 g/mol. The summed E-state index contributed by atoms with van der Waals surface area (Å²) in [5, 5.41) is 3.15. The van der Waals surface area contributed by atoms with Gasteiger partial charge in [-0.2, -0.15) is 0 Å². The number of hydrogen-bond acceptors (Lipinski definition) is 3. The number of nitrogens with one attached hydrogen (secondary N) is 1. The molecule has 0 aromatic heterocycles. The van der Waals surface area contributed by atoms with Gasteiger partial charge >= 0.3 is 0 Å². The maximum Gasteiger partial charge on any atom is 0.223 e. The molecule has 1 rings (SSSR count). The van der Waals surface area contributed by atoms with Crippen LogP contribution in [-0.4, -0.2) is 43.0 Å². The van der Waals surface area contributed by atoms with Crippen LogP contribution in [0.4, 0.5) is 0 Å². The summed E-state index contributed by atoms with van der Waals surface area (Å²) in [4.78, 5) is 14.5. The third-order valence-electron chi connectivity index (χ3n) is 4.11. The molecule has 0 radical (unpaired) electrons. The van der Waals surface area contributed by atoms with E-state index < -0.39 is 0 Å². The van der Waals surface area contributed by atoms with Crippen LogP contribution in [0, 0.1) is 11.8 Å². The Morgan fingerprint density at radius 3 is 2.61 bits per heavy atom. The van der Waals surface area contributed by atoms with Crippen molar-refractivity contribution in [2.24, 2.45) is 17.6 Å². The molecule has 0 aromatic rings. The second-order valence-electron chi connectivity index (χ2n) is 5.43. The van der Waals surface area contributed by atoms with Crippen LogP contribution in [-0.2, 0) is 4.79 Å². The molecular formula is C14H29N3O. The van der Waals surface area contributed by atoms with E-state index in [9.17, 15) is 4.79 Å². The van der Waals surface area contributed by atoms with Crippen molar-refractivity contribution in [3.63, 3.8) is 0 Å². The predicted molar refractivity (Wildman–Crippen MR) is 75.3 cm³/mol. The lowest BCUT2D eigenvalue weighted by Gasteiger charge is -2.25. The minimum atomic E-state index is 0.147. The van der Waals surface area contributed by atoms with Crippen molar-refractivity contribution in [3.05, 3.63) is 0 Å². The molecule has 1 aliphatic carbocycles. The molecule has 0 bridgehead atoms. The zero-order valence-electron chi connectivity index (χ0n) is 12.1. The molecule has 106 valence electrons. The number of nitrogens with zero attached hydrogens (tertiary/aromatic N) is 1. The van der Waals surface area contributed by atoms with Crippen molar-refractivity contribution in [2.75, 3.05) is 26.2 Å². The van der Waals surface area contributed by atoms with Gasteiger partial charge in [0.05, 0.1) is 0 Å². The van der Waals surface area contributed by atoms with Crippen LogP contribution in [0.15, 0.2) is 0 Å². The van der Waals surface area contributed by atoms with Gasteiger partial charge in [0.2, 0.25) is 5.91 Å². The molecule has 0 heterocycles. The molecule has 1 saturated carbocycles. The maximum absolute atomic E-state index is 12.2. The Morgan fingerprint density at radius 2 is 2.06 bits per heavy atom. The van der Waals surface area contributed by atoms with E-state index in [1.807, 2.05) is 0 Å². The molecule has 3 N–H and O–H groups in total. The van der Waals surface area contributed by atoms with Crippen LogP contribution in [0.5, 0.6) is 0 Å². The van der Waals surface area contributed by atoms with Gasteiger partial charge in [-0.1, -0.05) is 20.3 Å². The van der Waals surface area contributed by atoms with E-state index in [1.165, 1.54) is 0 Å². The Kier molecular flexibility index (Phi) is 6.65. The van der Waals surface area contributed by atoms with Gasteiger partial charge in [-0.25, -0.2) is 0 Å². The molecular weight excluding hydrogens is 226 g/mol. The lowest BCUT2D eigenvalue weighted by Crippen LogP contribution is -2.45. The third-order valence-corrected chi connectivity index (χ3v) is 4.11. The van der Waals surface area contributed by atoms with Crippen LogP contribution in [0.1, 0.15) is 40.0 Å². The van der Waals surface area contributed by atoms with Gasteiger partial charge in [0.1, 0.15) is 0 Å². The average molecular weight is 255 g/mol. The second kappa shape index (κ2) is 7.74. The van der Waals surface area contributed by atoms with E-state index >= 15 is 0 Å². The highest BCUT2D eigenvalue weighted by molar-refractivity contribution is 5.79. The summed E-state index contributed by atoms with van der Waals surface area (Å²) in [6.07, 6.45) is 3.26. The first-order valence-corrected chi connectivity index (χ1v) is 7.35. The first kappa shape index (κ1) is 15.4. The molecule has 4 nitrogen and oxygen atoms in total. The fraction of sp³-hybridized carbons (Fsp3) is 0.929. The quantitative estimate of drug-likeness (QED) is 0.719. The fourth-order valence-electron chi connectivity index (χ4n) is 2.93. The molecule has 0 aliphatic heterocycles. The van der Waals surface area contributed by atoms with E-state index in [2.05, 4.69) is 31.0 Å². The van der Waals surface area contributed by atoms with Crippen LogP contribution in [0.25, 0.3) is 0 Å². The summed E-state index contributed by atoms with van der Waals surface area (Å²) in [6.45, 7) is 10.0. The second-order valence-corrected chi connectivity index (χ2v) is 5.43. The lowest BCUT2D eigenvalue weighted by atomic mass is 9.95. The number of carbonyl (C=O) groups is 1. The summed E-state index contributed by atoms with van der Waals surface area (Å²) >= 11 is 0. The summed E-state index contributed by atoms with van der Waals surface area (Å²) in [7, 11) is 0. The van der Waals surface area contributed by atoms with Crippen molar-refractivity contribution >= 4 is 5.91 Å². The molecule has 1 unspecified atom stereocenters. The normalized spacial score (nSPS) is 25.4. The van der Waals surface area contributed by atoms with E-state index in [4.69, 9.17) is 5.73 Å². The predicted octanol–water partition coefficient (Wildman–Crippen LogP) is 1.21. The van der Waals surface area contributed by atoms with E-state index in [1.54, 1.807) is 0 Å². The van der Waals surface area contributed by atoms with Gasteiger partial charge in [-0.3, -0.25) is 4.79 Å². The van der Waals surface area contributed by atoms with Gasteiger partial charge in [-0.15, -0.1) is 0 Å². The summed E-state index contributed by atoms with van der Waals surface area (Å²) in [6, 6.07) is 0.219. The topological polar surface area (TPSA) is 58.4 Å². The van der Waals surface area contributed by atoms with Gasteiger partial charge in [0.15, 0.2) is 0 Å². The van der Waals surface area contributed by atoms with Gasteiger partial charge in [0.25, 0.3) is 0 Å². The molecule has 0 aromatic carbocycles. The van der Waals surface area contributed by atoms with Crippen molar-refractivity contribution in [1.82, 2.24) is 10.2 Å². The van der Waals surface area contributed by atoms with Crippen LogP contribution in [0.3, 0.4) is 0 Å². The van der Waals surface area contributed by atoms with Gasteiger partial charge in [-0.05, 0) is 45.3 Å². The summed E-state index contributed by atoms with van der Waals surface area (Å²) < 4.78 is 0. The summed E-state index contributed by atoms with van der Waals surface area (Å²) in [5.41, 5.74) is 5.73. The first-order chi connectivity index (χ1) is 8.62. The molecule has 0 saturated heterocycles. The van der Waals surface area contributed by atoms with Crippen LogP contribution in [0.2, 0.25) is 0 Å². The molecule has 1 fully saturated rings. The fourth-order valence-corrected chi connectivity index (χ4v) is 2.93. The standard InChI is InChI=1S/C14H29N3O/c1-4-17(5-2)10-11(3)16-14(18)13-8-6-7-12(13)9-15/h11-13H,4-10,15H2,1-3H3,(H,16,18)/t11?,12-,13-/m1/s1. The highest BCUT2D eigenvalue weighted by atomic mass is 16.2. The third kappa shape index (κ3) is 4.25. The van der Waals surface area contributed by atoms with E-state index in [-0.39, 0.29) is 17.9 Å². The number of carbonyl (C=O) groups excluding carboxylic acids is 1.